The van der Waals surface area contributed by atoms with Crippen LogP contribution in [-0.4, -0.2) is 22.4 Å². The third-order valence-electron chi connectivity index (χ3n) is 3.58. The molecule has 0 aliphatic heterocycles. The van der Waals surface area contributed by atoms with Gasteiger partial charge in [0.1, 0.15) is 5.60 Å². The molecule has 1 saturated carbocycles. The van der Waals surface area contributed by atoms with E-state index < -0.39 is 5.60 Å². The fourth-order valence-corrected chi connectivity index (χ4v) is 2.70. The first kappa shape index (κ1) is 13.0. The minimum atomic E-state index is -1.16. The lowest BCUT2D eigenvalue weighted by Gasteiger charge is -2.31. The van der Waals surface area contributed by atoms with Gasteiger partial charge >= 0.3 is 0 Å². The van der Waals surface area contributed by atoms with E-state index in [1.165, 1.54) is 19.3 Å². The first-order chi connectivity index (χ1) is 7.12. The smallest absolute Gasteiger partial charge is 0.178 e. The van der Waals surface area contributed by atoms with Crippen LogP contribution in [0.15, 0.2) is 0 Å². The molecule has 0 aromatic heterocycles. The second kappa shape index (κ2) is 5.86. The van der Waals surface area contributed by atoms with Gasteiger partial charge in [-0.25, -0.2) is 0 Å². The maximum atomic E-state index is 11.6. The molecule has 1 fully saturated rings. The Morgan fingerprint density at radius 2 is 2.00 bits per heavy atom. The van der Waals surface area contributed by atoms with Crippen molar-refractivity contribution in [3.63, 3.8) is 0 Å². The molecule has 0 radical (unpaired) electrons. The van der Waals surface area contributed by atoms with E-state index in [1.54, 1.807) is 0 Å². The Balaban J connectivity index is 2.54. The molecule has 0 spiro atoms. The molecule has 1 aliphatic carbocycles. The minimum absolute atomic E-state index is 0.0724. The van der Waals surface area contributed by atoms with Crippen molar-refractivity contribution in [2.75, 3.05) is 5.88 Å². The largest absolute Gasteiger partial charge is 0.382 e. The predicted octanol–water partition coefficient (Wildman–Crippen LogP) is 2.91. The number of hydrogen-bond donors (Lipinski definition) is 1. The van der Waals surface area contributed by atoms with Crippen LogP contribution in [0.2, 0.25) is 0 Å². The van der Waals surface area contributed by atoms with Crippen molar-refractivity contribution in [3.05, 3.63) is 0 Å². The molecule has 1 unspecified atom stereocenters. The number of ketones is 1. The van der Waals surface area contributed by atoms with Crippen molar-refractivity contribution < 1.29 is 9.90 Å². The zero-order valence-corrected chi connectivity index (χ0v) is 10.2. The maximum Gasteiger partial charge on any atom is 0.178 e. The Hall–Kier alpha value is -0.0800. The van der Waals surface area contributed by atoms with Gasteiger partial charge in [-0.15, -0.1) is 11.6 Å². The Morgan fingerprint density at radius 1 is 1.40 bits per heavy atom. The number of Topliss-reactive ketones (excluding diaryl/α,β-unsaturated/α-hetero) is 1. The Labute approximate surface area is 97.0 Å². The highest BCUT2D eigenvalue weighted by atomic mass is 35.5. The molecule has 0 aromatic rings. The van der Waals surface area contributed by atoms with E-state index in [9.17, 15) is 9.90 Å². The molecule has 1 aliphatic rings. The molecule has 0 amide bonds. The number of hydrogen-bond acceptors (Lipinski definition) is 2. The number of alkyl halides is 1. The maximum absolute atomic E-state index is 11.6. The summed E-state index contributed by atoms with van der Waals surface area (Å²) >= 11 is 5.52. The zero-order chi connectivity index (χ0) is 11.3. The quantitative estimate of drug-likeness (QED) is 0.741. The second-order valence-corrected chi connectivity index (χ2v) is 4.92. The van der Waals surface area contributed by atoms with Crippen molar-refractivity contribution >= 4 is 17.4 Å². The van der Waals surface area contributed by atoms with Crippen molar-refractivity contribution in [2.45, 2.75) is 57.5 Å². The summed E-state index contributed by atoms with van der Waals surface area (Å²) in [5.74, 6) is 0.227. The second-order valence-electron chi connectivity index (χ2n) is 4.65. The number of rotatable bonds is 5. The van der Waals surface area contributed by atoms with E-state index in [0.29, 0.717) is 18.8 Å². The summed E-state index contributed by atoms with van der Waals surface area (Å²) in [6.07, 6.45) is 7.16. The summed E-state index contributed by atoms with van der Waals surface area (Å²) in [6.45, 7) is 1.85. The van der Waals surface area contributed by atoms with E-state index in [1.807, 2.05) is 6.92 Å². The van der Waals surface area contributed by atoms with Crippen LogP contribution in [0, 0.1) is 5.92 Å². The summed E-state index contributed by atoms with van der Waals surface area (Å²) in [4.78, 5) is 11.6. The Bertz CT molecular complexity index is 212. The summed E-state index contributed by atoms with van der Waals surface area (Å²) < 4.78 is 0. The molecule has 1 rings (SSSR count). The average molecular weight is 233 g/mol. The molecule has 1 atom stereocenters. The van der Waals surface area contributed by atoms with Crippen LogP contribution in [0.25, 0.3) is 0 Å². The summed E-state index contributed by atoms with van der Waals surface area (Å²) in [7, 11) is 0. The Kier molecular flexibility index (Phi) is 5.07. The van der Waals surface area contributed by atoms with Crippen molar-refractivity contribution in [1.82, 2.24) is 0 Å². The van der Waals surface area contributed by atoms with Gasteiger partial charge in [0, 0.05) is 0 Å². The molecule has 15 heavy (non-hydrogen) atoms. The number of aliphatic hydroxyl groups is 1. The lowest BCUT2D eigenvalue weighted by Crippen LogP contribution is -2.41. The van der Waals surface area contributed by atoms with Crippen LogP contribution in [-0.2, 0) is 4.79 Å². The van der Waals surface area contributed by atoms with Crippen LogP contribution in [0.3, 0.4) is 0 Å². The number of halogens is 1. The summed E-state index contributed by atoms with van der Waals surface area (Å²) in [5.41, 5.74) is -1.16. The standard InChI is InChI=1S/C12H21ClO2/c1-2-12(15,11(14)9-13)8-10-6-4-3-5-7-10/h10,15H,2-9H2,1H3. The topological polar surface area (TPSA) is 37.3 Å². The first-order valence-electron chi connectivity index (χ1n) is 5.94. The minimum Gasteiger partial charge on any atom is -0.382 e. The van der Waals surface area contributed by atoms with Gasteiger partial charge in [0.15, 0.2) is 5.78 Å². The zero-order valence-electron chi connectivity index (χ0n) is 9.47. The van der Waals surface area contributed by atoms with Gasteiger partial charge in [-0.3, -0.25) is 4.79 Å². The first-order valence-corrected chi connectivity index (χ1v) is 6.47. The molecule has 2 nitrogen and oxygen atoms in total. The van der Waals surface area contributed by atoms with Gasteiger partial charge in [-0.1, -0.05) is 39.0 Å². The summed E-state index contributed by atoms with van der Waals surface area (Å²) in [5, 5.41) is 10.2. The molecule has 0 bridgehead atoms. The van der Waals surface area contributed by atoms with Gasteiger partial charge in [0.25, 0.3) is 0 Å². The molecule has 3 heteroatoms. The van der Waals surface area contributed by atoms with E-state index >= 15 is 0 Å². The van der Waals surface area contributed by atoms with Crippen molar-refractivity contribution in [1.29, 1.82) is 0 Å². The molecule has 0 aromatic carbocycles. The van der Waals surface area contributed by atoms with Gasteiger partial charge in [0.05, 0.1) is 5.88 Å². The highest BCUT2D eigenvalue weighted by molar-refractivity contribution is 6.28. The highest BCUT2D eigenvalue weighted by Gasteiger charge is 2.35. The average Bonchev–Trinajstić information content (AvgIpc) is 2.29. The SMILES string of the molecule is CCC(O)(CC1CCCCC1)C(=O)CCl. The predicted molar refractivity (Wildman–Crippen MR) is 62.2 cm³/mol. The molecular weight excluding hydrogens is 212 g/mol. The lowest BCUT2D eigenvalue weighted by atomic mass is 9.78. The van der Waals surface area contributed by atoms with Crippen LogP contribution in [0.1, 0.15) is 51.9 Å². The molecule has 0 saturated heterocycles. The Morgan fingerprint density at radius 3 is 2.47 bits per heavy atom. The van der Waals surface area contributed by atoms with Crippen LogP contribution >= 0.6 is 11.6 Å². The van der Waals surface area contributed by atoms with E-state index in [-0.39, 0.29) is 11.7 Å². The third-order valence-corrected chi connectivity index (χ3v) is 3.82. The lowest BCUT2D eigenvalue weighted by molar-refractivity contribution is -0.137. The van der Waals surface area contributed by atoms with Crippen LogP contribution in [0.5, 0.6) is 0 Å². The van der Waals surface area contributed by atoms with Gasteiger partial charge in [0.2, 0.25) is 0 Å². The molecule has 88 valence electrons. The highest BCUT2D eigenvalue weighted by Crippen LogP contribution is 2.32. The number of carbonyl (C=O) groups is 1. The van der Waals surface area contributed by atoms with Gasteiger partial charge < -0.3 is 5.11 Å². The monoisotopic (exact) mass is 232 g/mol. The van der Waals surface area contributed by atoms with Crippen LogP contribution in [0.4, 0.5) is 0 Å². The fraction of sp³-hybridized carbons (Fsp3) is 0.917. The third kappa shape index (κ3) is 3.46. The van der Waals surface area contributed by atoms with Gasteiger partial charge in [-0.05, 0) is 18.8 Å². The fourth-order valence-electron chi connectivity index (χ4n) is 2.45. The van der Waals surface area contributed by atoms with E-state index in [2.05, 4.69) is 0 Å². The van der Waals surface area contributed by atoms with Crippen LogP contribution < -0.4 is 0 Å². The van der Waals surface area contributed by atoms with E-state index in [0.717, 1.165) is 12.8 Å². The molecular formula is C12H21ClO2. The number of carbonyl (C=O) groups excluding carboxylic acids is 1. The van der Waals surface area contributed by atoms with Crippen molar-refractivity contribution in [2.24, 2.45) is 5.92 Å². The normalized spacial score (nSPS) is 22.3. The summed E-state index contributed by atoms with van der Waals surface area (Å²) in [6, 6.07) is 0. The molecule has 0 heterocycles. The molecule has 1 N–H and O–H groups in total. The van der Waals surface area contributed by atoms with Gasteiger partial charge in [-0.2, -0.15) is 0 Å². The van der Waals surface area contributed by atoms with Crippen molar-refractivity contribution in [3.8, 4) is 0 Å². The van der Waals surface area contributed by atoms with E-state index in [4.69, 9.17) is 11.6 Å².